The maximum Gasteiger partial charge on any atom is 0.349 e. The first-order valence-corrected chi connectivity index (χ1v) is 4.27. The van der Waals surface area contributed by atoms with E-state index < -0.39 is 17.6 Å². The highest BCUT2D eigenvalue weighted by Crippen LogP contribution is 2.08. The van der Waals surface area contributed by atoms with Gasteiger partial charge in [-0.05, 0) is 0 Å². The Hall–Kier alpha value is -1.34. The van der Waals surface area contributed by atoms with E-state index in [0.717, 1.165) is 9.25 Å². The molecule has 0 saturated carbocycles. The minimum Gasteiger partial charge on any atom is -0.374 e. The molecule has 1 N–H and O–H groups in total. The van der Waals surface area contributed by atoms with Crippen molar-refractivity contribution in [3.63, 3.8) is 0 Å². The van der Waals surface area contributed by atoms with Crippen LogP contribution in [0.25, 0.3) is 0 Å². The van der Waals surface area contributed by atoms with Crippen LogP contribution in [0.3, 0.4) is 0 Å². The first-order valence-electron chi connectivity index (χ1n) is 4.27. The molecule has 0 spiro atoms. The molecule has 0 amide bonds. The molecule has 0 bridgehead atoms. The molecule has 2 heterocycles. The Bertz CT molecular complexity index is 423. The fourth-order valence-electron chi connectivity index (χ4n) is 1.29. The van der Waals surface area contributed by atoms with Crippen molar-refractivity contribution < 1.29 is 9.47 Å². The maximum atomic E-state index is 11.4. The molecule has 0 aromatic carbocycles. The number of nitrogens with zero attached hydrogens (tertiary/aromatic N) is 2. The molecular formula is C7H11N3O4. The van der Waals surface area contributed by atoms with E-state index in [2.05, 4.69) is 5.10 Å². The number of aromatic amines is 1. The lowest BCUT2D eigenvalue weighted by Gasteiger charge is -2.22. The lowest BCUT2D eigenvalue weighted by molar-refractivity contribution is -0.128. The summed E-state index contributed by atoms with van der Waals surface area (Å²) < 4.78 is 12.5. The summed E-state index contributed by atoms with van der Waals surface area (Å²) in [7, 11) is 1.40. The van der Waals surface area contributed by atoms with E-state index in [4.69, 9.17) is 9.47 Å². The molecule has 0 radical (unpaired) electrons. The predicted octanol–water partition coefficient (Wildman–Crippen LogP) is -1.58. The van der Waals surface area contributed by atoms with Gasteiger partial charge >= 0.3 is 11.4 Å². The van der Waals surface area contributed by atoms with Gasteiger partial charge in [-0.25, -0.2) is 23.9 Å². The summed E-state index contributed by atoms with van der Waals surface area (Å²) in [5.41, 5.74) is -0.880. The Morgan fingerprint density at radius 2 is 2.21 bits per heavy atom. The van der Waals surface area contributed by atoms with Crippen molar-refractivity contribution in [2.75, 3.05) is 19.8 Å². The van der Waals surface area contributed by atoms with Gasteiger partial charge in [0.05, 0.1) is 19.8 Å². The third kappa shape index (κ3) is 1.40. The van der Waals surface area contributed by atoms with E-state index >= 15 is 0 Å². The molecule has 7 nitrogen and oxygen atoms in total. The fraction of sp³-hybridized carbons (Fsp3) is 0.714. The van der Waals surface area contributed by atoms with E-state index in [1.807, 2.05) is 0 Å². The first-order chi connectivity index (χ1) is 6.70. The Kier molecular flexibility index (Phi) is 2.26. The Morgan fingerprint density at radius 1 is 1.43 bits per heavy atom. The Morgan fingerprint density at radius 3 is 2.71 bits per heavy atom. The van der Waals surface area contributed by atoms with Gasteiger partial charge in [-0.1, -0.05) is 0 Å². The van der Waals surface area contributed by atoms with Crippen LogP contribution in [-0.4, -0.2) is 34.2 Å². The topological polar surface area (TPSA) is 78.2 Å². The van der Waals surface area contributed by atoms with Crippen LogP contribution in [0, 0.1) is 0 Å². The van der Waals surface area contributed by atoms with Gasteiger partial charge in [-0.2, -0.15) is 0 Å². The van der Waals surface area contributed by atoms with Crippen LogP contribution >= 0.6 is 0 Å². The molecule has 1 atom stereocenters. The summed E-state index contributed by atoms with van der Waals surface area (Å²) in [6, 6.07) is 0. The largest absolute Gasteiger partial charge is 0.374 e. The monoisotopic (exact) mass is 201 g/mol. The van der Waals surface area contributed by atoms with Crippen LogP contribution in [0.1, 0.15) is 6.23 Å². The molecule has 1 aromatic heterocycles. The number of hydrogen-bond acceptors (Lipinski definition) is 4. The van der Waals surface area contributed by atoms with Crippen molar-refractivity contribution >= 4 is 0 Å². The van der Waals surface area contributed by atoms with Crippen molar-refractivity contribution in [3.8, 4) is 0 Å². The second-order valence-electron chi connectivity index (χ2n) is 3.03. The van der Waals surface area contributed by atoms with E-state index in [-0.39, 0.29) is 6.61 Å². The van der Waals surface area contributed by atoms with Gasteiger partial charge in [0.25, 0.3) is 0 Å². The van der Waals surface area contributed by atoms with Crippen LogP contribution in [0.2, 0.25) is 0 Å². The van der Waals surface area contributed by atoms with Crippen molar-refractivity contribution in [3.05, 3.63) is 21.0 Å². The van der Waals surface area contributed by atoms with Gasteiger partial charge in [0.15, 0.2) is 6.23 Å². The van der Waals surface area contributed by atoms with Crippen LogP contribution < -0.4 is 11.4 Å². The second-order valence-corrected chi connectivity index (χ2v) is 3.03. The minimum absolute atomic E-state index is 0.278. The number of aromatic nitrogens is 3. The summed E-state index contributed by atoms with van der Waals surface area (Å²) in [6.07, 6.45) is -0.523. The number of H-pyrrole nitrogens is 1. The zero-order chi connectivity index (χ0) is 10.1. The predicted molar refractivity (Wildman–Crippen MR) is 46.1 cm³/mol. The van der Waals surface area contributed by atoms with Crippen LogP contribution in [-0.2, 0) is 16.5 Å². The zero-order valence-corrected chi connectivity index (χ0v) is 7.73. The van der Waals surface area contributed by atoms with E-state index in [1.54, 1.807) is 0 Å². The minimum atomic E-state index is -0.523. The van der Waals surface area contributed by atoms with E-state index in [0.29, 0.717) is 13.2 Å². The third-order valence-corrected chi connectivity index (χ3v) is 2.10. The zero-order valence-electron chi connectivity index (χ0n) is 7.73. The van der Waals surface area contributed by atoms with E-state index in [9.17, 15) is 9.59 Å². The number of hydrogen-bond donors (Lipinski definition) is 1. The smallest absolute Gasteiger partial charge is 0.349 e. The molecule has 1 aliphatic rings. The SMILES string of the molecule is Cn1c(=O)[nH]n([C@@H]2COCCO2)c1=O. The molecule has 78 valence electrons. The average molecular weight is 201 g/mol. The second kappa shape index (κ2) is 3.43. The highest BCUT2D eigenvalue weighted by molar-refractivity contribution is 4.70. The molecule has 0 unspecified atom stereocenters. The first kappa shape index (κ1) is 9.22. The molecule has 1 saturated heterocycles. The summed E-state index contributed by atoms with van der Waals surface area (Å²) in [6.45, 7) is 1.22. The maximum absolute atomic E-state index is 11.4. The summed E-state index contributed by atoms with van der Waals surface area (Å²) >= 11 is 0. The normalized spacial score (nSPS) is 22.5. The molecular weight excluding hydrogens is 190 g/mol. The number of rotatable bonds is 1. The van der Waals surface area contributed by atoms with Gasteiger partial charge < -0.3 is 9.47 Å². The van der Waals surface area contributed by atoms with Crippen molar-refractivity contribution in [1.82, 2.24) is 14.3 Å². The number of nitrogens with one attached hydrogen (secondary N) is 1. The van der Waals surface area contributed by atoms with Gasteiger partial charge in [0.2, 0.25) is 0 Å². The molecule has 14 heavy (non-hydrogen) atoms. The molecule has 0 aliphatic carbocycles. The van der Waals surface area contributed by atoms with Gasteiger partial charge in [-0.3, -0.25) is 0 Å². The summed E-state index contributed by atoms with van der Waals surface area (Å²) in [5, 5.41) is 2.39. The quantitative estimate of drug-likeness (QED) is 0.594. The van der Waals surface area contributed by atoms with Crippen molar-refractivity contribution in [1.29, 1.82) is 0 Å². The van der Waals surface area contributed by atoms with Crippen LogP contribution in [0.4, 0.5) is 0 Å². The van der Waals surface area contributed by atoms with Gasteiger partial charge in [-0.15, -0.1) is 0 Å². The molecule has 2 rings (SSSR count). The van der Waals surface area contributed by atoms with Crippen molar-refractivity contribution in [2.45, 2.75) is 6.23 Å². The standard InChI is InChI=1S/C7H11N3O4/c1-9-6(11)8-10(7(9)12)5-4-13-2-3-14-5/h5H,2-4H2,1H3,(H,8,11)/t5-/m0/s1. The van der Waals surface area contributed by atoms with Crippen LogP contribution in [0.5, 0.6) is 0 Å². The third-order valence-electron chi connectivity index (χ3n) is 2.10. The molecule has 7 heteroatoms. The summed E-state index contributed by atoms with van der Waals surface area (Å²) in [4.78, 5) is 22.5. The van der Waals surface area contributed by atoms with E-state index in [1.165, 1.54) is 7.05 Å². The lowest BCUT2D eigenvalue weighted by Crippen LogP contribution is -2.34. The average Bonchev–Trinajstić information content (AvgIpc) is 2.47. The molecule has 1 fully saturated rings. The Labute approximate surface area is 78.8 Å². The highest BCUT2D eigenvalue weighted by Gasteiger charge is 2.20. The van der Waals surface area contributed by atoms with Crippen LogP contribution in [0.15, 0.2) is 9.59 Å². The van der Waals surface area contributed by atoms with Gasteiger partial charge in [0, 0.05) is 7.05 Å². The van der Waals surface area contributed by atoms with Gasteiger partial charge in [0.1, 0.15) is 0 Å². The fourth-order valence-corrected chi connectivity index (χ4v) is 1.29. The Balaban J connectivity index is 2.36. The highest BCUT2D eigenvalue weighted by atomic mass is 16.6. The van der Waals surface area contributed by atoms with Crippen molar-refractivity contribution in [2.24, 2.45) is 7.05 Å². The summed E-state index contributed by atoms with van der Waals surface area (Å²) in [5.74, 6) is 0. The molecule has 1 aliphatic heterocycles. The molecule has 1 aromatic rings. The lowest BCUT2D eigenvalue weighted by atomic mass is 10.5. The number of ether oxygens (including phenoxy) is 2.